The fourth-order valence-electron chi connectivity index (χ4n) is 1.94. The topological polar surface area (TPSA) is 49.4 Å². The van der Waals surface area contributed by atoms with Crippen LogP contribution in [0.5, 0.6) is 0 Å². The number of hydrogen-bond acceptors (Lipinski definition) is 2. The van der Waals surface area contributed by atoms with Gasteiger partial charge in [-0.05, 0) is 11.8 Å². The van der Waals surface area contributed by atoms with Crippen molar-refractivity contribution in [3.63, 3.8) is 0 Å². The molecule has 4 nitrogen and oxygen atoms in total. The first-order valence-electron chi connectivity index (χ1n) is 5.65. The quantitative estimate of drug-likeness (QED) is 0.833. The molecular weight excluding hydrogens is 249 g/mol. The molecule has 1 saturated heterocycles. The van der Waals surface area contributed by atoms with E-state index in [1.54, 1.807) is 0 Å². The molecule has 0 aromatic rings. The Bertz CT molecular complexity index is 329. The van der Waals surface area contributed by atoms with E-state index in [1.807, 2.05) is 20.8 Å². The summed E-state index contributed by atoms with van der Waals surface area (Å²) in [6.45, 7) is 4.28. The summed E-state index contributed by atoms with van der Waals surface area (Å²) in [6, 6.07) is -1.35. The van der Waals surface area contributed by atoms with Crippen molar-refractivity contribution in [3.8, 4) is 0 Å². The minimum absolute atomic E-state index is 0.0842. The highest BCUT2D eigenvalue weighted by Gasteiger charge is 2.40. The number of nitrogens with zero attached hydrogens (tertiary/aromatic N) is 1. The van der Waals surface area contributed by atoms with Crippen LogP contribution in [0.4, 0.5) is 18.0 Å². The number of halogens is 3. The minimum atomic E-state index is -4.57. The van der Waals surface area contributed by atoms with Gasteiger partial charge in [0.05, 0.1) is 0 Å². The third-order valence-corrected chi connectivity index (χ3v) is 2.49. The van der Waals surface area contributed by atoms with Crippen LogP contribution < -0.4 is 5.32 Å². The number of amides is 3. The molecule has 3 amide bonds. The molecule has 1 aliphatic heterocycles. The lowest BCUT2D eigenvalue weighted by Gasteiger charge is -2.34. The molecule has 0 aromatic heterocycles. The molecule has 0 aliphatic carbocycles. The summed E-state index contributed by atoms with van der Waals surface area (Å²) in [7, 11) is 0. The van der Waals surface area contributed by atoms with Crippen molar-refractivity contribution < 1.29 is 22.8 Å². The molecule has 1 aliphatic rings. The zero-order valence-corrected chi connectivity index (χ0v) is 10.6. The fraction of sp³-hybridized carbons (Fsp3) is 0.818. The number of imide groups is 1. The van der Waals surface area contributed by atoms with Crippen molar-refractivity contribution in [3.05, 3.63) is 0 Å². The first-order chi connectivity index (χ1) is 7.98. The Kier molecular flexibility index (Phi) is 3.92. The monoisotopic (exact) mass is 266 g/mol. The van der Waals surface area contributed by atoms with Gasteiger partial charge in [-0.25, -0.2) is 4.79 Å². The standard InChI is InChI=1S/C11H17F3N2O2/c1-10(2,3)5-7-4-8(17)16(9(18)15-7)6-11(12,13)14/h7H,4-6H2,1-3H3,(H,15,18). The number of alkyl halides is 3. The zero-order chi connectivity index (χ0) is 14.1. The Labute approximate surface area is 104 Å². The first kappa shape index (κ1) is 14.8. The molecule has 0 bridgehead atoms. The largest absolute Gasteiger partial charge is 0.406 e. The molecule has 1 rings (SSSR count). The minimum Gasteiger partial charge on any atom is -0.334 e. The number of rotatable bonds is 2. The average Bonchev–Trinajstić information content (AvgIpc) is 2.07. The van der Waals surface area contributed by atoms with Gasteiger partial charge in [-0.1, -0.05) is 20.8 Å². The van der Waals surface area contributed by atoms with Crippen LogP contribution in [-0.2, 0) is 4.79 Å². The highest BCUT2D eigenvalue weighted by atomic mass is 19.4. The molecule has 7 heteroatoms. The number of nitrogens with one attached hydrogen (secondary N) is 1. The molecule has 1 atom stereocenters. The Morgan fingerprint density at radius 2 is 1.83 bits per heavy atom. The van der Waals surface area contributed by atoms with Gasteiger partial charge in [0, 0.05) is 12.5 Å². The van der Waals surface area contributed by atoms with E-state index in [-0.39, 0.29) is 16.7 Å². The fourth-order valence-corrected chi connectivity index (χ4v) is 1.94. The number of carbonyl (C=O) groups is 2. The van der Waals surface area contributed by atoms with Gasteiger partial charge in [-0.3, -0.25) is 9.69 Å². The lowest BCUT2D eigenvalue weighted by molar-refractivity contribution is -0.157. The van der Waals surface area contributed by atoms with E-state index in [0.29, 0.717) is 6.42 Å². The molecule has 1 unspecified atom stereocenters. The Morgan fingerprint density at radius 1 is 1.28 bits per heavy atom. The van der Waals surface area contributed by atoms with E-state index >= 15 is 0 Å². The molecule has 1 N–H and O–H groups in total. The number of hydrogen-bond donors (Lipinski definition) is 1. The first-order valence-corrected chi connectivity index (χ1v) is 5.65. The summed E-state index contributed by atoms with van der Waals surface area (Å²) in [4.78, 5) is 23.2. The summed E-state index contributed by atoms with van der Waals surface area (Å²) < 4.78 is 36.5. The van der Waals surface area contributed by atoms with Crippen molar-refractivity contribution in [2.24, 2.45) is 5.41 Å². The maximum absolute atomic E-state index is 12.2. The second kappa shape index (κ2) is 4.78. The molecule has 0 radical (unpaired) electrons. The predicted octanol–water partition coefficient (Wildman–Crippen LogP) is 2.30. The summed E-state index contributed by atoms with van der Waals surface area (Å²) >= 11 is 0. The van der Waals surface area contributed by atoms with Crippen molar-refractivity contribution in [1.82, 2.24) is 10.2 Å². The van der Waals surface area contributed by atoms with Gasteiger partial charge in [0.2, 0.25) is 5.91 Å². The molecule has 1 heterocycles. The van der Waals surface area contributed by atoms with Crippen LogP contribution in [0.2, 0.25) is 0 Å². The van der Waals surface area contributed by atoms with E-state index in [4.69, 9.17) is 0 Å². The lowest BCUT2D eigenvalue weighted by Crippen LogP contribution is -2.57. The van der Waals surface area contributed by atoms with Crippen LogP contribution in [0.1, 0.15) is 33.6 Å². The van der Waals surface area contributed by atoms with Crippen LogP contribution >= 0.6 is 0 Å². The van der Waals surface area contributed by atoms with Crippen molar-refractivity contribution in [2.75, 3.05) is 6.54 Å². The lowest BCUT2D eigenvalue weighted by atomic mass is 9.86. The maximum atomic E-state index is 12.2. The highest BCUT2D eigenvalue weighted by Crippen LogP contribution is 2.25. The Balaban J connectivity index is 2.66. The van der Waals surface area contributed by atoms with E-state index in [0.717, 1.165) is 0 Å². The number of urea groups is 1. The molecule has 104 valence electrons. The van der Waals surface area contributed by atoms with Gasteiger partial charge in [0.15, 0.2) is 0 Å². The smallest absolute Gasteiger partial charge is 0.334 e. The van der Waals surface area contributed by atoms with Gasteiger partial charge in [-0.15, -0.1) is 0 Å². The van der Waals surface area contributed by atoms with Crippen molar-refractivity contribution in [1.29, 1.82) is 0 Å². The molecule has 1 fully saturated rings. The number of carbonyl (C=O) groups excluding carboxylic acids is 2. The zero-order valence-electron chi connectivity index (χ0n) is 10.6. The van der Waals surface area contributed by atoms with E-state index < -0.39 is 30.7 Å². The van der Waals surface area contributed by atoms with Crippen LogP contribution in [0, 0.1) is 5.41 Å². The second-order valence-electron chi connectivity index (χ2n) is 5.71. The molecule has 0 saturated carbocycles. The van der Waals surface area contributed by atoms with Crippen LogP contribution in [0.15, 0.2) is 0 Å². The van der Waals surface area contributed by atoms with Gasteiger partial charge in [0.1, 0.15) is 6.54 Å². The summed E-state index contributed by atoms with van der Waals surface area (Å²) in [5.41, 5.74) is -0.107. The molecule has 18 heavy (non-hydrogen) atoms. The van der Waals surface area contributed by atoms with Crippen LogP contribution in [0.3, 0.4) is 0 Å². The third kappa shape index (κ3) is 4.54. The summed E-state index contributed by atoms with van der Waals surface area (Å²) in [6.07, 6.45) is -4.10. The SMILES string of the molecule is CC(C)(C)CC1CC(=O)N(CC(F)(F)F)C(=O)N1. The Morgan fingerprint density at radius 3 is 2.22 bits per heavy atom. The van der Waals surface area contributed by atoms with Gasteiger partial charge < -0.3 is 5.32 Å². The molecule has 0 spiro atoms. The van der Waals surface area contributed by atoms with Crippen molar-refractivity contribution >= 4 is 11.9 Å². The highest BCUT2D eigenvalue weighted by molar-refractivity contribution is 5.97. The van der Waals surface area contributed by atoms with Crippen molar-refractivity contribution in [2.45, 2.75) is 45.8 Å². The van der Waals surface area contributed by atoms with E-state index in [2.05, 4.69) is 5.32 Å². The molecule has 0 aromatic carbocycles. The second-order valence-corrected chi connectivity index (χ2v) is 5.71. The predicted molar refractivity (Wildman–Crippen MR) is 58.8 cm³/mol. The normalized spacial score (nSPS) is 22.1. The van der Waals surface area contributed by atoms with Crippen LogP contribution in [-0.4, -0.2) is 35.6 Å². The van der Waals surface area contributed by atoms with Gasteiger partial charge in [0.25, 0.3) is 0 Å². The van der Waals surface area contributed by atoms with Crippen LogP contribution in [0.25, 0.3) is 0 Å². The summed E-state index contributed by atoms with van der Waals surface area (Å²) in [5.74, 6) is -0.773. The van der Waals surface area contributed by atoms with Gasteiger partial charge in [-0.2, -0.15) is 13.2 Å². The van der Waals surface area contributed by atoms with E-state index in [1.165, 1.54) is 0 Å². The maximum Gasteiger partial charge on any atom is 0.406 e. The third-order valence-electron chi connectivity index (χ3n) is 2.49. The Hall–Kier alpha value is -1.27. The van der Waals surface area contributed by atoms with Gasteiger partial charge >= 0.3 is 12.2 Å². The molecular formula is C11H17F3N2O2. The average molecular weight is 266 g/mol. The van der Waals surface area contributed by atoms with E-state index in [9.17, 15) is 22.8 Å². The summed E-state index contributed by atoms with van der Waals surface area (Å²) in [5, 5.41) is 2.44.